The zero-order valence-corrected chi connectivity index (χ0v) is 30.7. The number of carboxylic acids is 1. The van der Waals surface area contributed by atoms with Gasteiger partial charge in [-0.2, -0.15) is 0 Å². The van der Waals surface area contributed by atoms with Gasteiger partial charge in [-0.1, -0.05) is 89.8 Å². The Balaban J connectivity index is 1.39. The summed E-state index contributed by atoms with van der Waals surface area (Å²) < 4.78 is 5.89. The van der Waals surface area contributed by atoms with Gasteiger partial charge in [0.2, 0.25) is 11.8 Å². The zero-order valence-electron chi connectivity index (χ0n) is 29.9. The van der Waals surface area contributed by atoms with Crippen LogP contribution < -0.4 is 15.4 Å². The van der Waals surface area contributed by atoms with Crippen molar-refractivity contribution in [2.45, 2.75) is 78.1 Å². The Kier molecular flexibility index (Phi) is 14.4. The number of amides is 2. The van der Waals surface area contributed by atoms with Crippen LogP contribution in [0.4, 0.5) is 0 Å². The SMILES string of the molecule is CCCCCCCOc1ccc(-c2cnc(-c3ccc(C[C@H](CC(=O)c4ccc(C(C)(C)C)s4)C(=O)NCC(=O)NCC(=O)O)cc3)nc2)cc1. The van der Waals surface area contributed by atoms with E-state index in [4.69, 9.17) is 9.84 Å². The highest BCUT2D eigenvalue weighted by molar-refractivity contribution is 7.14. The maximum absolute atomic E-state index is 13.3. The van der Waals surface area contributed by atoms with E-state index in [0.29, 0.717) is 17.3 Å². The number of carboxylic acid groups (broad SMARTS) is 1. The van der Waals surface area contributed by atoms with Gasteiger partial charge in [-0.3, -0.25) is 19.2 Å². The minimum atomic E-state index is -1.19. The van der Waals surface area contributed by atoms with Gasteiger partial charge in [0.25, 0.3) is 0 Å². The smallest absolute Gasteiger partial charge is 0.322 e. The molecule has 4 aromatic rings. The van der Waals surface area contributed by atoms with Crippen molar-refractivity contribution in [3.63, 3.8) is 0 Å². The van der Waals surface area contributed by atoms with Crippen molar-refractivity contribution in [1.29, 1.82) is 0 Å². The number of aromatic nitrogens is 2. The second-order valence-electron chi connectivity index (χ2n) is 13.6. The second-order valence-corrected chi connectivity index (χ2v) is 14.7. The highest BCUT2D eigenvalue weighted by atomic mass is 32.1. The lowest BCUT2D eigenvalue weighted by atomic mass is 9.92. The fourth-order valence-corrected chi connectivity index (χ4v) is 6.37. The Bertz CT molecular complexity index is 1750. The van der Waals surface area contributed by atoms with Gasteiger partial charge in [-0.05, 0) is 53.6 Å². The lowest BCUT2D eigenvalue weighted by Gasteiger charge is -2.17. The van der Waals surface area contributed by atoms with Crippen molar-refractivity contribution < 1.29 is 29.0 Å². The third-order valence-electron chi connectivity index (χ3n) is 8.33. The van der Waals surface area contributed by atoms with Crippen LogP contribution in [0.2, 0.25) is 0 Å². The Morgan fingerprint density at radius 1 is 0.804 bits per heavy atom. The summed E-state index contributed by atoms with van der Waals surface area (Å²) in [6.45, 7) is 8.21. The molecular formula is C40H48N4O6S. The Morgan fingerprint density at radius 3 is 2.10 bits per heavy atom. The molecule has 3 N–H and O–H groups in total. The Labute approximate surface area is 304 Å². The minimum Gasteiger partial charge on any atom is -0.494 e. The molecule has 0 unspecified atom stereocenters. The number of thiophene rings is 1. The average Bonchev–Trinajstić information content (AvgIpc) is 3.64. The maximum atomic E-state index is 13.3. The van der Waals surface area contributed by atoms with Crippen molar-refractivity contribution in [1.82, 2.24) is 20.6 Å². The van der Waals surface area contributed by atoms with E-state index < -0.39 is 36.8 Å². The summed E-state index contributed by atoms with van der Waals surface area (Å²) in [6.07, 6.45) is 9.76. The van der Waals surface area contributed by atoms with E-state index in [2.05, 4.69) is 48.3 Å². The summed E-state index contributed by atoms with van der Waals surface area (Å²) in [5.74, 6) is -1.80. The van der Waals surface area contributed by atoms with Crippen LogP contribution in [0, 0.1) is 5.92 Å². The molecule has 2 heterocycles. The first-order valence-electron chi connectivity index (χ1n) is 17.5. The molecule has 0 aliphatic rings. The molecule has 0 saturated heterocycles. The van der Waals surface area contributed by atoms with Crippen LogP contribution in [0.25, 0.3) is 22.5 Å². The van der Waals surface area contributed by atoms with Gasteiger partial charge < -0.3 is 20.5 Å². The largest absolute Gasteiger partial charge is 0.494 e. The Hall–Kier alpha value is -4.90. The van der Waals surface area contributed by atoms with Gasteiger partial charge in [0.1, 0.15) is 12.3 Å². The van der Waals surface area contributed by atoms with Crippen molar-refractivity contribution in [2.24, 2.45) is 5.92 Å². The minimum absolute atomic E-state index is 0.0504. The summed E-state index contributed by atoms with van der Waals surface area (Å²) in [6, 6.07) is 19.2. The summed E-state index contributed by atoms with van der Waals surface area (Å²) in [5, 5.41) is 13.6. The zero-order chi connectivity index (χ0) is 36.8. The number of ether oxygens (including phenoxy) is 1. The van der Waals surface area contributed by atoms with E-state index in [-0.39, 0.29) is 24.0 Å². The topological polar surface area (TPSA) is 148 Å². The number of carbonyl (C=O) groups excluding carboxylic acids is 3. The van der Waals surface area contributed by atoms with E-state index in [0.717, 1.165) is 39.3 Å². The van der Waals surface area contributed by atoms with E-state index >= 15 is 0 Å². The van der Waals surface area contributed by atoms with Crippen LogP contribution in [-0.2, 0) is 26.2 Å². The highest BCUT2D eigenvalue weighted by Gasteiger charge is 2.26. The summed E-state index contributed by atoms with van der Waals surface area (Å²) in [5.41, 5.74) is 3.39. The van der Waals surface area contributed by atoms with Crippen molar-refractivity contribution in [2.75, 3.05) is 19.7 Å². The lowest BCUT2D eigenvalue weighted by Crippen LogP contribution is -2.41. The molecule has 0 fully saturated rings. The van der Waals surface area contributed by atoms with Crippen LogP contribution in [0.3, 0.4) is 0 Å². The third-order valence-corrected chi connectivity index (χ3v) is 9.88. The first-order chi connectivity index (χ1) is 24.4. The van der Waals surface area contributed by atoms with Gasteiger partial charge in [0, 0.05) is 40.7 Å². The fourth-order valence-electron chi connectivity index (χ4n) is 5.36. The van der Waals surface area contributed by atoms with Crippen molar-refractivity contribution in [3.8, 4) is 28.3 Å². The van der Waals surface area contributed by atoms with Gasteiger partial charge in [0.05, 0.1) is 18.0 Å². The molecule has 0 spiro atoms. The molecule has 1 atom stereocenters. The van der Waals surface area contributed by atoms with Gasteiger partial charge in [-0.15, -0.1) is 11.3 Å². The number of benzene rings is 2. The normalized spacial score (nSPS) is 11.8. The molecule has 0 radical (unpaired) electrons. The van der Waals surface area contributed by atoms with E-state index in [9.17, 15) is 19.2 Å². The molecular weight excluding hydrogens is 665 g/mol. The van der Waals surface area contributed by atoms with Crippen LogP contribution in [0.5, 0.6) is 5.75 Å². The van der Waals surface area contributed by atoms with Crippen LogP contribution in [-0.4, -0.2) is 58.3 Å². The molecule has 11 heteroatoms. The number of Topliss-reactive ketones (excluding diaryl/α,β-unsaturated/α-hetero) is 1. The molecule has 2 aromatic carbocycles. The molecule has 2 aromatic heterocycles. The van der Waals surface area contributed by atoms with Crippen LogP contribution >= 0.6 is 11.3 Å². The first kappa shape index (κ1) is 38.9. The monoisotopic (exact) mass is 712 g/mol. The molecule has 270 valence electrons. The predicted molar refractivity (Wildman–Crippen MR) is 200 cm³/mol. The standard InChI is InChI=1S/C40H48N4O6S/c1-5-6-7-8-9-20-50-32-16-14-28(15-17-32)31-23-42-38(43-24-31)29-12-10-27(11-13-29)21-30(39(49)44-25-36(46)41-26-37(47)48)22-33(45)34-18-19-35(51-34)40(2,3)4/h10-19,23-24,30H,5-9,20-22,25-26H2,1-4H3,(H,41,46)(H,44,49)(H,47,48)/t30-/m1/s1. The van der Waals surface area contributed by atoms with E-state index in [1.54, 1.807) is 18.5 Å². The van der Waals surface area contributed by atoms with Gasteiger partial charge in [-0.25, -0.2) is 9.97 Å². The van der Waals surface area contributed by atoms with Crippen LogP contribution in [0.15, 0.2) is 73.1 Å². The van der Waals surface area contributed by atoms with Crippen LogP contribution in [0.1, 0.15) is 86.3 Å². The third kappa shape index (κ3) is 12.4. The number of hydrogen-bond acceptors (Lipinski definition) is 8. The highest BCUT2D eigenvalue weighted by Crippen LogP contribution is 2.31. The predicted octanol–water partition coefficient (Wildman–Crippen LogP) is 7.27. The number of nitrogens with zero attached hydrogens (tertiary/aromatic N) is 2. The summed E-state index contributed by atoms with van der Waals surface area (Å²) in [7, 11) is 0. The number of unbranched alkanes of at least 4 members (excludes halogenated alkanes) is 4. The number of hydrogen-bond donors (Lipinski definition) is 3. The average molecular weight is 713 g/mol. The van der Waals surface area contributed by atoms with Crippen molar-refractivity contribution >= 4 is 34.9 Å². The molecule has 0 saturated carbocycles. The number of nitrogens with one attached hydrogen (secondary N) is 2. The molecule has 51 heavy (non-hydrogen) atoms. The molecule has 4 rings (SSSR count). The van der Waals surface area contributed by atoms with Gasteiger partial charge in [0.15, 0.2) is 11.6 Å². The Morgan fingerprint density at radius 2 is 1.47 bits per heavy atom. The molecule has 10 nitrogen and oxygen atoms in total. The molecule has 2 amide bonds. The quantitative estimate of drug-likeness (QED) is 0.0680. The van der Waals surface area contributed by atoms with Crippen molar-refractivity contribution in [3.05, 3.63) is 88.4 Å². The maximum Gasteiger partial charge on any atom is 0.322 e. The number of carbonyl (C=O) groups is 4. The van der Waals surface area contributed by atoms with E-state index in [1.165, 1.54) is 37.0 Å². The first-order valence-corrected chi connectivity index (χ1v) is 18.3. The summed E-state index contributed by atoms with van der Waals surface area (Å²) >= 11 is 1.42. The number of aliphatic carboxylic acids is 1. The second kappa shape index (κ2) is 18.9. The molecule has 0 aliphatic heterocycles. The number of ketones is 1. The summed E-state index contributed by atoms with van der Waals surface area (Å²) in [4.78, 5) is 60.3. The lowest BCUT2D eigenvalue weighted by molar-refractivity contribution is -0.137. The molecule has 0 bridgehead atoms. The van der Waals surface area contributed by atoms with E-state index in [1.807, 2.05) is 54.6 Å². The molecule has 0 aliphatic carbocycles. The fraction of sp³-hybridized carbons (Fsp3) is 0.400. The number of rotatable bonds is 19. The van der Waals surface area contributed by atoms with Gasteiger partial charge >= 0.3 is 5.97 Å².